The molecule has 24 heavy (non-hydrogen) atoms. The van der Waals surface area contributed by atoms with Gasteiger partial charge in [0.2, 0.25) is 0 Å². The van der Waals surface area contributed by atoms with Crippen molar-refractivity contribution < 1.29 is 24.4 Å². The number of aliphatic hydroxyl groups is 2. The molecule has 0 saturated carbocycles. The molecule has 0 aliphatic carbocycles. The van der Waals surface area contributed by atoms with Crippen LogP contribution in [0.25, 0.3) is 0 Å². The van der Waals surface area contributed by atoms with E-state index >= 15 is 0 Å². The largest absolute Gasteiger partial charge is 0.385 e. The van der Waals surface area contributed by atoms with Crippen molar-refractivity contribution in [3.8, 4) is 0 Å². The van der Waals surface area contributed by atoms with E-state index < -0.39 is 24.6 Å². The first-order valence-corrected chi connectivity index (χ1v) is 8.03. The van der Waals surface area contributed by atoms with Crippen molar-refractivity contribution in [2.45, 2.75) is 37.8 Å². The van der Waals surface area contributed by atoms with Crippen LogP contribution in [0, 0.1) is 0 Å². The number of benzene rings is 2. The second-order valence-corrected chi connectivity index (χ2v) is 5.82. The summed E-state index contributed by atoms with van der Waals surface area (Å²) in [5.74, 6) is 0. The van der Waals surface area contributed by atoms with E-state index in [1.54, 1.807) is 0 Å². The van der Waals surface area contributed by atoms with Crippen molar-refractivity contribution in [2.24, 2.45) is 0 Å². The van der Waals surface area contributed by atoms with Crippen LogP contribution >= 0.6 is 0 Å². The zero-order chi connectivity index (χ0) is 16.8. The summed E-state index contributed by atoms with van der Waals surface area (Å²) < 4.78 is 16.8. The van der Waals surface area contributed by atoms with Crippen LogP contribution in [0.4, 0.5) is 0 Å². The van der Waals surface area contributed by atoms with E-state index in [0.29, 0.717) is 13.2 Å². The Morgan fingerprint density at radius 1 is 0.833 bits per heavy atom. The molecule has 128 valence electrons. The molecule has 3 rings (SSSR count). The fraction of sp³-hybridized carbons (Fsp3) is 0.368. The lowest BCUT2D eigenvalue weighted by Gasteiger charge is -2.20. The number of ether oxygens (including phenoxy) is 3. The summed E-state index contributed by atoms with van der Waals surface area (Å²) in [5, 5.41) is 19.8. The maximum Gasteiger partial charge on any atom is 0.184 e. The van der Waals surface area contributed by atoms with Crippen molar-refractivity contribution in [3.63, 3.8) is 0 Å². The average Bonchev–Trinajstić information content (AvgIpc) is 2.89. The molecule has 1 heterocycles. The Bertz CT molecular complexity index is 604. The van der Waals surface area contributed by atoms with E-state index in [1.165, 1.54) is 0 Å². The summed E-state index contributed by atoms with van der Waals surface area (Å²) in [6, 6.07) is 19.5. The molecule has 0 radical (unpaired) electrons. The Balaban J connectivity index is 1.52. The highest BCUT2D eigenvalue weighted by Gasteiger charge is 2.43. The average molecular weight is 330 g/mol. The molecular formula is C19H22O5. The first-order chi connectivity index (χ1) is 11.7. The smallest absolute Gasteiger partial charge is 0.184 e. The number of rotatable bonds is 7. The molecule has 5 heteroatoms. The van der Waals surface area contributed by atoms with Crippen LogP contribution in [0.1, 0.15) is 11.1 Å². The topological polar surface area (TPSA) is 68.2 Å². The standard InChI is InChI=1S/C19H22O5/c20-17-18(23-12-15-9-5-2-6-10-15)16(24-19(17)21)13-22-11-14-7-3-1-4-8-14/h1-10,16-21H,11-13H2/t16-,17+,18-,19?/m0/s1. The fourth-order valence-corrected chi connectivity index (χ4v) is 2.69. The molecule has 0 bridgehead atoms. The highest BCUT2D eigenvalue weighted by Crippen LogP contribution is 2.24. The molecule has 2 N–H and O–H groups in total. The summed E-state index contributed by atoms with van der Waals surface area (Å²) in [5.41, 5.74) is 2.05. The molecule has 0 spiro atoms. The van der Waals surface area contributed by atoms with Crippen molar-refractivity contribution in [1.82, 2.24) is 0 Å². The van der Waals surface area contributed by atoms with E-state index in [9.17, 15) is 10.2 Å². The Morgan fingerprint density at radius 2 is 1.42 bits per heavy atom. The molecule has 1 fully saturated rings. The first-order valence-electron chi connectivity index (χ1n) is 8.03. The lowest BCUT2D eigenvalue weighted by Crippen LogP contribution is -2.37. The van der Waals surface area contributed by atoms with Gasteiger partial charge >= 0.3 is 0 Å². The molecule has 2 aromatic carbocycles. The summed E-state index contributed by atoms with van der Waals surface area (Å²) >= 11 is 0. The van der Waals surface area contributed by atoms with Gasteiger partial charge in [-0.2, -0.15) is 0 Å². The highest BCUT2D eigenvalue weighted by atomic mass is 16.7. The van der Waals surface area contributed by atoms with E-state index in [2.05, 4.69) is 0 Å². The van der Waals surface area contributed by atoms with Gasteiger partial charge in [0.1, 0.15) is 18.3 Å². The molecule has 5 nitrogen and oxygen atoms in total. The lowest BCUT2D eigenvalue weighted by molar-refractivity contribution is -0.137. The molecule has 1 unspecified atom stereocenters. The van der Waals surface area contributed by atoms with Crippen molar-refractivity contribution in [1.29, 1.82) is 0 Å². The van der Waals surface area contributed by atoms with Gasteiger partial charge in [-0.15, -0.1) is 0 Å². The van der Waals surface area contributed by atoms with Crippen molar-refractivity contribution in [3.05, 3.63) is 71.8 Å². The van der Waals surface area contributed by atoms with Gasteiger partial charge in [0.05, 0.1) is 19.8 Å². The second kappa shape index (κ2) is 8.37. The van der Waals surface area contributed by atoms with Gasteiger partial charge in [-0.25, -0.2) is 0 Å². The fourth-order valence-electron chi connectivity index (χ4n) is 2.69. The molecule has 0 amide bonds. The van der Waals surface area contributed by atoms with Gasteiger partial charge in [-0.1, -0.05) is 60.7 Å². The molecule has 1 aliphatic heterocycles. The SMILES string of the molecule is OC1O[C@@H](COCc2ccccc2)[C@H](OCc2ccccc2)[C@H]1O. The van der Waals surface area contributed by atoms with E-state index in [-0.39, 0.29) is 6.61 Å². The predicted octanol–water partition coefficient (Wildman–Crippen LogP) is 1.87. The number of hydrogen-bond donors (Lipinski definition) is 2. The third-order valence-electron chi connectivity index (χ3n) is 3.99. The monoisotopic (exact) mass is 330 g/mol. The number of aliphatic hydroxyl groups excluding tert-OH is 2. The van der Waals surface area contributed by atoms with Crippen molar-refractivity contribution >= 4 is 0 Å². The first kappa shape index (κ1) is 17.1. The predicted molar refractivity (Wildman–Crippen MR) is 88.0 cm³/mol. The second-order valence-electron chi connectivity index (χ2n) is 5.82. The van der Waals surface area contributed by atoms with Gasteiger partial charge in [-0.3, -0.25) is 0 Å². The summed E-state index contributed by atoms with van der Waals surface area (Å²) in [6.07, 6.45) is -3.48. The molecule has 2 aromatic rings. The minimum Gasteiger partial charge on any atom is -0.385 e. The van der Waals surface area contributed by atoms with Gasteiger partial charge in [0, 0.05) is 0 Å². The molecule has 4 atom stereocenters. The molecule has 1 saturated heterocycles. The minimum absolute atomic E-state index is 0.239. The third-order valence-corrected chi connectivity index (χ3v) is 3.99. The zero-order valence-corrected chi connectivity index (χ0v) is 13.3. The number of hydrogen-bond acceptors (Lipinski definition) is 5. The molecular weight excluding hydrogens is 308 g/mol. The van der Waals surface area contributed by atoms with Crippen LogP contribution in [-0.2, 0) is 27.4 Å². The van der Waals surface area contributed by atoms with Gasteiger partial charge < -0.3 is 24.4 Å². The van der Waals surface area contributed by atoms with Gasteiger partial charge in [0.25, 0.3) is 0 Å². The zero-order valence-electron chi connectivity index (χ0n) is 13.3. The normalized spacial score (nSPS) is 26.6. The van der Waals surface area contributed by atoms with E-state index in [0.717, 1.165) is 11.1 Å². The Hall–Kier alpha value is -1.76. The van der Waals surface area contributed by atoms with Crippen molar-refractivity contribution in [2.75, 3.05) is 6.61 Å². The summed E-state index contributed by atoms with van der Waals surface area (Å²) in [6.45, 7) is 1.02. The van der Waals surface area contributed by atoms with E-state index in [4.69, 9.17) is 14.2 Å². The Kier molecular flexibility index (Phi) is 5.96. The third kappa shape index (κ3) is 4.41. The quantitative estimate of drug-likeness (QED) is 0.811. The summed E-state index contributed by atoms with van der Waals surface area (Å²) in [4.78, 5) is 0. The molecule has 0 aromatic heterocycles. The maximum atomic E-state index is 10.1. The van der Waals surface area contributed by atoms with Crippen LogP contribution in [0.2, 0.25) is 0 Å². The summed E-state index contributed by atoms with van der Waals surface area (Å²) in [7, 11) is 0. The van der Waals surface area contributed by atoms with Crippen LogP contribution in [-0.4, -0.2) is 41.4 Å². The van der Waals surface area contributed by atoms with Crippen LogP contribution < -0.4 is 0 Å². The Labute approximate surface area is 141 Å². The highest BCUT2D eigenvalue weighted by molar-refractivity contribution is 5.14. The Morgan fingerprint density at radius 3 is 2.04 bits per heavy atom. The lowest BCUT2D eigenvalue weighted by atomic mass is 10.1. The van der Waals surface area contributed by atoms with E-state index in [1.807, 2.05) is 60.7 Å². The van der Waals surface area contributed by atoms with Crippen LogP contribution in [0.15, 0.2) is 60.7 Å². The molecule has 1 aliphatic rings. The van der Waals surface area contributed by atoms with Crippen LogP contribution in [0.3, 0.4) is 0 Å². The van der Waals surface area contributed by atoms with Gasteiger partial charge in [0.15, 0.2) is 6.29 Å². The minimum atomic E-state index is -1.25. The van der Waals surface area contributed by atoms with Crippen LogP contribution in [0.5, 0.6) is 0 Å². The maximum absolute atomic E-state index is 10.1. The van der Waals surface area contributed by atoms with Gasteiger partial charge in [-0.05, 0) is 11.1 Å².